The topological polar surface area (TPSA) is 68.3 Å². The summed E-state index contributed by atoms with van der Waals surface area (Å²) in [4.78, 5) is 29.5. The average Bonchev–Trinajstić information content (AvgIpc) is 3.16. The van der Waals surface area contributed by atoms with E-state index < -0.39 is 6.04 Å². The van der Waals surface area contributed by atoms with Crippen LogP contribution in [-0.4, -0.2) is 74.7 Å². The fourth-order valence-corrected chi connectivity index (χ4v) is 3.47. The first-order valence-electron chi connectivity index (χ1n) is 8.56. The van der Waals surface area contributed by atoms with Gasteiger partial charge >= 0.3 is 0 Å². The van der Waals surface area contributed by atoms with Crippen molar-refractivity contribution in [3.05, 3.63) is 23.8 Å². The number of carbonyl (C=O) groups excluding carboxylic acids is 2. The number of hydrogen-bond acceptors (Lipinski definition) is 5. The minimum absolute atomic E-state index is 0.00279. The lowest BCUT2D eigenvalue weighted by Gasteiger charge is -2.32. The first kappa shape index (κ1) is 17.5. The monoisotopic (exact) mass is 348 g/mol. The Kier molecular flexibility index (Phi) is 5.43. The molecule has 2 aliphatic heterocycles. The van der Waals surface area contributed by atoms with Crippen molar-refractivity contribution in [2.24, 2.45) is 0 Å². The zero-order valence-corrected chi connectivity index (χ0v) is 14.7. The summed E-state index contributed by atoms with van der Waals surface area (Å²) in [6, 6.07) is 4.80. The van der Waals surface area contributed by atoms with Crippen molar-refractivity contribution in [3.8, 4) is 11.5 Å². The minimum Gasteiger partial charge on any atom is -0.496 e. The standard InChI is InChI=1S/C18H24N2O5/c1-23-14-6-3-7-15(24-2)16(14)18(22)20-8-4-5-13(20)17(21)19-9-11-25-12-10-19/h3,6-7,13H,4-5,8-12H2,1-2H3/t13-/m0/s1. The quantitative estimate of drug-likeness (QED) is 0.817. The van der Waals surface area contributed by atoms with Gasteiger partial charge in [0.25, 0.3) is 5.91 Å². The van der Waals surface area contributed by atoms with Crippen LogP contribution in [0.1, 0.15) is 23.2 Å². The van der Waals surface area contributed by atoms with Gasteiger partial charge in [-0.1, -0.05) is 6.07 Å². The van der Waals surface area contributed by atoms with Crippen LogP contribution in [0.5, 0.6) is 11.5 Å². The van der Waals surface area contributed by atoms with Gasteiger partial charge in [0.2, 0.25) is 5.91 Å². The van der Waals surface area contributed by atoms with Crippen molar-refractivity contribution in [1.29, 1.82) is 0 Å². The largest absolute Gasteiger partial charge is 0.496 e. The van der Waals surface area contributed by atoms with Crippen LogP contribution in [0.3, 0.4) is 0 Å². The molecular formula is C18H24N2O5. The Morgan fingerprint density at radius 1 is 1.08 bits per heavy atom. The summed E-state index contributed by atoms with van der Waals surface area (Å²) in [5, 5.41) is 0. The van der Waals surface area contributed by atoms with Gasteiger partial charge in [-0.15, -0.1) is 0 Å². The summed E-state index contributed by atoms with van der Waals surface area (Å²) >= 11 is 0. The van der Waals surface area contributed by atoms with Gasteiger partial charge in [0, 0.05) is 19.6 Å². The Labute approximate surface area is 147 Å². The number of benzene rings is 1. The second-order valence-corrected chi connectivity index (χ2v) is 6.13. The number of morpholine rings is 1. The predicted octanol–water partition coefficient (Wildman–Crippen LogP) is 1.17. The van der Waals surface area contributed by atoms with E-state index in [0.717, 1.165) is 6.42 Å². The third kappa shape index (κ3) is 3.42. The molecule has 1 aromatic rings. The van der Waals surface area contributed by atoms with Crippen molar-refractivity contribution >= 4 is 11.8 Å². The summed E-state index contributed by atoms with van der Waals surface area (Å²) in [5.41, 5.74) is 0.370. The van der Waals surface area contributed by atoms with Crippen LogP contribution >= 0.6 is 0 Å². The normalized spacial score (nSPS) is 20.5. The molecule has 7 heteroatoms. The fraction of sp³-hybridized carbons (Fsp3) is 0.556. The van der Waals surface area contributed by atoms with Gasteiger partial charge in [0.05, 0.1) is 27.4 Å². The lowest BCUT2D eigenvalue weighted by Crippen LogP contribution is -2.51. The second-order valence-electron chi connectivity index (χ2n) is 6.13. The molecule has 2 aliphatic rings. The van der Waals surface area contributed by atoms with Crippen molar-refractivity contribution in [3.63, 3.8) is 0 Å². The summed E-state index contributed by atoms with van der Waals surface area (Å²) < 4.78 is 16.0. The van der Waals surface area contributed by atoms with Crippen LogP contribution in [0.4, 0.5) is 0 Å². The maximum Gasteiger partial charge on any atom is 0.262 e. The van der Waals surface area contributed by atoms with E-state index in [1.54, 1.807) is 28.0 Å². The molecule has 1 aromatic carbocycles. The molecule has 3 rings (SSSR count). The van der Waals surface area contributed by atoms with Gasteiger partial charge in [-0.2, -0.15) is 0 Å². The number of hydrogen-bond donors (Lipinski definition) is 0. The molecule has 0 aromatic heterocycles. The molecule has 0 N–H and O–H groups in total. The molecule has 2 heterocycles. The van der Waals surface area contributed by atoms with Crippen molar-refractivity contribution < 1.29 is 23.8 Å². The van der Waals surface area contributed by atoms with Gasteiger partial charge in [-0.05, 0) is 25.0 Å². The number of rotatable bonds is 4. The lowest BCUT2D eigenvalue weighted by atomic mass is 10.1. The third-order valence-electron chi connectivity index (χ3n) is 4.76. The van der Waals surface area contributed by atoms with E-state index in [1.807, 2.05) is 0 Å². The number of ether oxygens (including phenoxy) is 3. The Morgan fingerprint density at radius 3 is 2.32 bits per heavy atom. The number of amides is 2. The van der Waals surface area contributed by atoms with Crippen LogP contribution in [0.15, 0.2) is 18.2 Å². The molecule has 0 spiro atoms. The molecular weight excluding hydrogens is 324 g/mol. The molecule has 1 atom stereocenters. The molecule has 136 valence electrons. The number of carbonyl (C=O) groups is 2. The first-order chi connectivity index (χ1) is 12.2. The summed E-state index contributed by atoms with van der Waals surface area (Å²) in [6.07, 6.45) is 1.49. The van der Waals surface area contributed by atoms with E-state index >= 15 is 0 Å². The number of methoxy groups -OCH3 is 2. The van der Waals surface area contributed by atoms with E-state index in [4.69, 9.17) is 14.2 Å². The zero-order chi connectivity index (χ0) is 17.8. The summed E-state index contributed by atoms with van der Waals surface area (Å²) in [7, 11) is 3.04. The highest BCUT2D eigenvalue weighted by atomic mass is 16.5. The third-order valence-corrected chi connectivity index (χ3v) is 4.76. The molecule has 2 fully saturated rings. The van der Waals surface area contributed by atoms with E-state index in [1.165, 1.54) is 14.2 Å². The zero-order valence-electron chi connectivity index (χ0n) is 14.7. The smallest absolute Gasteiger partial charge is 0.262 e. The van der Waals surface area contributed by atoms with E-state index in [-0.39, 0.29) is 11.8 Å². The van der Waals surface area contributed by atoms with E-state index in [2.05, 4.69) is 0 Å². The molecule has 2 amide bonds. The summed E-state index contributed by atoms with van der Waals surface area (Å²) in [6.45, 7) is 2.81. The van der Waals surface area contributed by atoms with Gasteiger partial charge in [-0.3, -0.25) is 9.59 Å². The van der Waals surface area contributed by atoms with Gasteiger partial charge in [0.15, 0.2) is 0 Å². The highest BCUT2D eigenvalue weighted by Gasteiger charge is 2.38. The van der Waals surface area contributed by atoms with Crippen LogP contribution < -0.4 is 9.47 Å². The number of nitrogens with zero attached hydrogens (tertiary/aromatic N) is 2. The van der Waals surface area contributed by atoms with Crippen molar-refractivity contribution in [2.45, 2.75) is 18.9 Å². The molecule has 0 radical (unpaired) electrons. The van der Waals surface area contributed by atoms with Crippen LogP contribution in [0.25, 0.3) is 0 Å². The molecule has 25 heavy (non-hydrogen) atoms. The highest BCUT2D eigenvalue weighted by Crippen LogP contribution is 2.32. The highest BCUT2D eigenvalue weighted by molar-refractivity contribution is 6.02. The molecule has 0 unspecified atom stereocenters. The van der Waals surface area contributed by atoms with E-state index in [9.17, 15) is 9.59 Å². The molecule has 2 saturated heterocycles. The van der Waals surface area contributed by atoms with Crippen LogP contribution in [-0.2, 0) is 9.53 Å². The molecule has 0 bridgehead atoms. The van der Waals surface area contributed by atoms with Crippen LogP contribution in [0, 0.1) is 0 Å². The molecule has 7 nitrogen and oxygen atoms in total. The Bertz CT molecular complexity index is 620. The minimum atomic E-state index is -0.430. The predicted molar refractivity (Wildman–Crippen MR) is 91.0 cm³/mol. The SMILES string of the molecule is COc1cccc(OC)c1C(=O)N1CCC[C@H]1C(=O)N1CCOCC1. The van der Waals surface area contributed by atoms with Crippen molar-refractivity contribution in [1.82, 2.24) is 9.80 Å². The Hall–Kier alpha value is -2.28. The Balaban J connectivity index is 1.85. The maximum atomic E-state index is 13.2. The Morgan fingerprint density at radius 2 is 1.72 bits per heavy atom. The first-order valence-corrected chi connectivity index (χ1v) is 8.56. The fourth-order valence-electron chi connectivity index (χ4n) is 3.47. The summed E-state index contributed by atoms with van der Waals surface area (Å²) in [5.74, 6) is 0.684. The lowest BCUT2D eigenvalue weighted by molar-refractivity contribution is -0.139. The number of likely N-dealkylation sites (tertiary alicyclic amines) is 1. The van der Waals surface area contributed by atoms with Gasteiger partial charge in [-0.25, -0.2) is 0 Å². The average molecular weight is 348 g/mol. The van der Waals surface area contributed by atoms with E-state index in [0.29, 0.717) is 56.3 Å². The molecule has 0 saturated carbocycles. The molecule has 0 aliphatic carbocycles. The van der Waals surface area contributed by atoms with Crippen molar-refractivity contribution in [2.75, 3.05) is 47.1 Å². The maximum absolute atomic E-state index is 13.2. The second kappa shape index (κ2) is 7.74. The van der Waals surface area contributed by atoms with Gasteiger partial charge in [0.1, 0.15) is 23.1 Å². The van der Waals surface area contributed by atoms with Crippen LogP contribution in [0.2, 0.25) is 0 Å². The van der Waals surface area contributed by atoms with Gasteiger partial charge < -0.3 is 24.0 Å².